The molecule has 16 heteroatoms. The Bertz CT molecular complexity index is 2360. The molecule has 5 rings (SSSR count). The zero-order chi connectivity index (χ0) is 30.2. The molecule has 5 N–H and O–H groups in total. The maximum Gasteiger partial charge on any atom is 0.295 e. The Hall–Kier alpha value is -3.80. The molecule has 0 unspecified atom stereocenters. The number of hydrogen-bond acceptors (Lipinski definition) is 11. The van der Waals surface area contributed by atoms with Gasteiger partial charge < -0.3 is 5.11 Å². The van der Waals surface area contributed by atoms with Gasteiger partial charge in [-0.15, -0.1) is 0 Å². The average Bonchev–Trinajstić information content (AvgIpc) is 2.95. The predicted octanol–water partition coefficient (Wildman–Crippen LogP) is 1.05. The van der Waals surface area contributed by atoms with Crippen molar-refractivity contribution < 1.29 is 31.0 Å². The summed E-state index contributed by atoms with van der Waals surface area (Å²) in [6.07, 6.45) is 0. The zero-order valence-electron chi connectivity index (χ0n) is 22.2. The van der Waals surface area contributed by atoms with Gasteiger partial charge in [0.2, 0.25) is 10.9 Å². The average molecular weight is 632 g/mol. The fraction of sp³-hybridized carbons (Fsp3) is 0.0370. The molecule has 0 saturated heterocycles. The van der Waals surface area contributed by atoms with Gasteiger partial charge in [-0.3, -0.25) is 29.5 Å². The van der Waals surface area contributed by atoms with E-state index in [0.29, 0.717) is 10.8 Å². The molecule has 0 bridgehead atoms. The largest absolute Gasteiger partial charge is 0.392 e. The van der Waals surface area contributed by atoms with Crippen molar-refractivity contribution in [3.05, 3.63) is 116 Å². The molecular formula is C27H20N4NaO9S2. The van der Waals surface area contributed by atoms with Crippen molar-refractivity contribution >= 4 is 82.7 Å². The van der Waals surface area contributed by atoms with E-state index in [9.17, 15) is 40.6 Å². The number of fused-ring (bicyclic) bond motifs is 2. The maximum absolute atomic E-state index is 13.2. The minimum atomic E-state index is -4.54. The molecule has 0 amide bonds. The van der Waals surface area contributed by atoms with Crippen LogP contribution in [-0.2, 0) is 26.8 Å². The van der Waals surface area contributed by atoms with Crippen LogP contribution in [0.4, 0.5) is 11.4 Å². The summed E-state index contributed by atoms with van der Waals surface area (Å²) in [5.74, 6) is 0. The second-order valence-electron chi connectivity index (χ2n) is 8.93. The molecule has 0 aromatic heterocycles. The van der Waals surface area contributed by atoms with Gasteiger partial charge in [-0.1, -0.05) is 48.5 Å². The van der Waals surface area contributed by atoms with Gasteiger partial charge in [-0.25, -0.2) is 0 Å². The first kappa shape index (κ1) is 32.1. The van der Waals surface area contributed by atoms with Crippen molar-refractivity contribution in [1.29, 1.82) is 0 Å². The first-order valence-corrected chi connectivity index (χ1v) is 14.8. The minimum absolute atomic E-state index is 0. The second-order valence-corrected chi connectivity index (χ2v) is 11.7. The number of benzene rings is 5. The SMILES string of the molecule is O=c1c(CO)cc(=NNc2ccc(S(=O)(=O)O)c3ccccc23)c(=O)c1=NNc1ccc(S(=O)(=O)O)c2ccccc12.[Na]. The van der Waals surface area contributed by atoms with Crippen LogP contribution in [0, 0.1) is 0 Å². The number of aliphatic hydroxyl groups is 1. The van der Waals surface area contributed by atoms with Gasteiger partial charge in [0.25, 0.3) is 20.2 Å². The summed E-state index contributed by atoms with van der Waals surface area (Å²) in [7, 11) is -9.07. The summed E-state index contributed by atoms with van der Waals surface area (Å²) in [5.41, 5.74) is 3.78. The molecule has 0 heterocycles. The summed E-state index contributed by atoms with van der Waals surface area (Å²) >= 11 is 0. The molecule has 215 valence electrons. The summed E-state index contributed by atoms with van der Waals surface area (Å²) in [4.78, 5) is 25.4. The molecule has 1 radical (unpaired) electrons. The molecule has 0 fully saturated rings. The molecule has 5 aromatic carbocycles. The normalized spacial score (nSPS) is 12.8. The van der Waals surface area contributed by atoms with Gasteiger partial charge in [-0.2, -0.15) is 27.0 Å². The first-order chi connectivity index (χ1) is 19.9. The Morgan fingerprint density at radius 2 is 1.07 bits per heavy atom. The molecule has 0 atom stereocenters. The van der Waals surface area contributed by atoms with Gasteiger partial charge in [0.15, 0.2) is 5.36 Å². The van der Waals surface area contributed by atoms with Gasteiger partial charge in [0, 0.05) is 56.7 Å². The van der Waals surface area contributed by atoms with Gasteiger partial charge in [0.1, 0.15) is 15.1 Å². The van der Waals surface area contributed by atoms with E-state index in [1.54, 1.807) is 36.4 Å². The van der Waals surface area contributed by atoms with E-state index in [1.807, 2.05) is 0 Å². The van der Waals surface area contributed by atoms with E-state index < -0.39 is 43.1 Å². The minimum Gasteiger partial charge on any atom is -0.392 e. The van der Waals surface area contributed by atoms with Crippen molar-refractivity contribution in [3.8, 4) is 0 Å². The molecule has 0 aliphatic rings. The van der Waals surface area contributed by atoms with Gasteiger partial charge in [0.05, 0.1) is 18.0 Å². The first-order valence-electron chi connectivity index (χ1n) is 12.0. The maximum atomic E-state index is 13.2. The smallest absolute Gasteiger partial charge is 0.295 e. The van der Waals surface area contributed by atoms with Crippen LogP contribution in [0.15, 0.2) is 108 Å². The van der Waals surface area contributed by atoms with E-state index in [0.717, 1.165) is 18.2 Å². The topological polar surface area (TPSA) is 212 Å². The predicted molar refractivity (Wildman–Crippen MR) is 159 cm³/mol. The molecular weight excluding hydrogens is 611 g/mol. The van der Waals surface area contributed by atoms with Crippen LogP contribution in [0.25, 0.3) is 21.5 Å². The standard InChI is InChI=1S/C27H20N4O9S2.Na/c32-14-15-13-22(30-28-20-9-11-23(41(35,36)37)18-7-3-1-5-16(18)20)27(34)25(26(15)33)31-29-21-10-12-24(42(38,39)40)19-8-4-2-6-17(19)21;/h1-13,28-29,32H,14H2,(H,35,36,37)(H,38,39,40);. The van der Waals surface area contributed by atoms with Crippen molar-refractivity contribution in [2.24, 2.45) is 10.2 Å². The van der Waals surface area contributed by atoms with E-state index >= 15 is 0 Å². The fourth-order valence-corrected chi connectivity index (χ4v) is 5.79. The Labute approximate surface area is 265 Å². The molecule has 0 aliphatic carbocycles. The van der Waals surface area contributed by atoms with E-state index in [4.69, 9.17) is 0 Å². The van der Waals surface area contributed by atoms with Crippen LogP contribution in [0.2, 0.25) is 0 Å². The Morgan fingerprint density at radius 3 is 1.51 bits per heavy atom. The Kier molecular flexibility index (Phi) is 9.29. The number of rotatable bonds is 7. The summed E-state index contributed by atoms with van der Waals surface area (Å²) in [6.45, 7) is -0.734. The molecule has 43 heavy (non-hydrogen) atoms. The van der Waals surface area contributed by atoms with Crippen LogP contribution in [0.1, 0.15) is 5.56 Å². The van der Waals surface area contributed by atoms with Crippen LogP contribution < -0.4 is 32.4 Å². The van der Waals surface area contributed by atoms with Crippen LogP contribution in [-0.4, -0.2) is 60.6 Å². The van der Waals surface area contributed by atoms with Gasteiger partial charge in [-0.05, 0) is 30.3 Å². The van der Waals surface area contributed by atoms with Crippen molar-refractivity contribution in [1.82, 2.24) is 0 Å². The number of nitrogens with zero attached hydrogens (tertiary/aromatic N) is 2. The Morgan fingerprint density at radius 1 is 0.628 bits per heavy atom. The summed E-state index contributed by atoms with van der Waals surface area (Å²) in [5, 5.41) is 17.9. The zero-order valence-corrected chi connectivity index (χ0v) is 25.8. The van der Waals surface area contributed by atoms with Gasteiger partial charge >= 0.3 is 0 Å². The van der Waals surface area contributed by atoms with Crippen LogP contribution in [0.3, 0.4) is 0 Å². The van der Waals surface area contributed by atoms with E-state index in [1.165, 1.54) is 24.3 Å². The molecule has 0 spiro atoms. The van der Waals surface area contributed by atoms with Crippen LogP contribution >= 0.6 is 0 Å². The molecule has 13 nitrogen and oxygen atoms in total. The molecule has 0 saturated carbocycles. The number of anilines is 2. The van der Waals surface area contributed by atoms with Crippen molar-refractivity contribution in [2.45, 2.75) is 16.4 Å². The Balaban J connectivity index is 0.00000423. The quantitative estimate of drug-likeness (QED) is 0.0973. The number of hydrogen-bond donors (Lipinski definition) is 5. The van der Waals surface area contributed by atoms with E-state index in [-0.39, 0.29) is 72.4 Å². The second kappa shape index (κ2) is 12.4. The molecule has 5 aromatic rings. The number of aliphatic hydroxyl groups excluding tert-OH is 1. The summed E-state index contributed by atoms with van der Waals surface area (Å²) < 4.78 is 66.2. The fourth-order valence-electron chi connectivity index (χ4n) is 4.40. The molecule has 0 aliphatic heterocycles. The van der Waals surface area contributed by atoms with Crippen molar-refractivity contribution in [2.75, 3.05) is 10.9 Å². The third-order valence-electron chi connectivity index (χ3n) is 6.34. The third-order valence-corrected chi connectivity index (χ3v) is 8.17. The summed E-state index contributed by atoms with van der Waals surface area (Å²) in [6, 6.07) is 18.5. The van der Waals surface area contributed by atoms with Crippen molar-refractivity contribution in [3.63, 3.8) is 0 Å². The third kappa shape index (κ3) is 6.43. The van der Waals surface area contributed by atoms with Crippen LogP contribution in [0.5, 0.6) is 0 Å². The monoisotopic (exact) mass is 631 g/mol. The number of nitrogens with one attached hydrogen (secondary N) is 2. The van der Waals surface area contributed by atoms with E-state index in [2.05, 4.69) is 21.1 Å².